The molecule has 5 nitrogen and oxygen atoms in total. The van der Waals surface area contributed by atoms with Crippen LogP contribution in [-0.2, 0) is 6.42 Å². The number of nitrogens with zero attached hydrogens (tertiary/aromatic N) is 4. The van der Waals surface area contributed by atoms with E-state index in [1.54, 1.807) is 6.20 Å². The van der Waals surface area contributed by atoms with Crippen molar-refractivity contribution < 1.29 is 4.74 Å². The minimum Gasteiger partial charge on any atom is -0.430 e. The number of rotatable bonds is 7. The van der Waals surface area contributed by atoms with Gasteiger partial charge >= 0.3 is 0 Å². The normalized spacial score (nSPS) is 10.8. The molecular weight excluding hydrogens is 388 g/mol. The van der Waals surface area contributed by atoms with Crippen molar-refractivity contribution in [3.63, 3.8) is 0 Å². The molecule has 0 fully saturated rings. The van der Waals surface area contributed by atoms with E-state index in [2.05, 4.69) is 59.2 Å². The molecule has 2 aromatic heterocycles. The van der Waals surface area contributed by atoms with Gasteiger partial charge in [-0.3, -0.25) is 0 Å². The Hall–Kier alpha value is -1.54. The van der Waals surface area contributed by atoms with Crippen LogP contribution < -0.4 is 4.74 Å². The van der Waals surface area contributed by atoms with Gasteiger partial charge in [-0.2, -0.15) is 9.36 Å². The summed E-state index contributed by atoms with van der Waals surface area (Å²) in [6, 6.07) is 4.32. The second-order valence-corrected chi connectivity index (χ2v) is 7.62. The first-order valence-corrected chi connectivity index (χ1v) is 9.92. The van der Waals surface area contributed by atoms with Gasteiger partial charge in [-0.15, -0.1) is 23.7 Å². The highest BCUT2D eigenvalue weighted by atomic mass is 35.5. The van der Waals surface area contributed by atoms with Gasteiger partial charge in [-0.1, -0.05) is 13.0 Å². The van der Waals surface area contributed by atoms with Gasteiger partial charge in [0, 0.05) is 29.7 Å². The Morgan fingerprint density at radius 1 is 1.19 bits per heavy atom. The summed E-state index contributed by atoms with van der Waals surface area (Å²) in [6.07, 6.45) is 2.80. The number of hydrogen-bond donors (Lipinski definition) is 0. The molecule has 26 heavy (non-hydrogen) atoms. The summed E-state index contributed by atoms with van der Waals surface area (Å²) >= 11 is 2.78. The van der Waals surface area contributed by atoms with Crippen molar-refractivity contribution in [1.82, 2.24) is 19.2 Å². The molecule has 3 rings (SSSR count). The van der Waals surface area contributed by atoms with E-state index in [1.807, 2.05) is 5.38 Å². The Morgan fingerprint density at radius 3 is 2.69 bits per heavy atom. The maximum Gasteiger partial charge on any atom is 0.299 e. The third kappa shape index (κ3) is 5.01. The number of benzene rings is 1. The van der Waals surface area contributed by atoms with Gasteiger partial charge in [-0.05, 0) is 56.6 Å². The highest BCUT2D eigenvalue weighted by molar-refractivity contribution is 7.13. The number of aryl methyl sites for hydroxylation is 2. The number of halogens is 1. The molecule has 0 amide bonds. The van der Waals surface area contributed by atoms with E-state index in [0.717, 1.165) is 35.8 Å². The fraction of sp³-hybridized carbons (Fsp3) is 0.389. The molecule has 0 aliphatic carbocycles. The van der Waals surface area contributed by atoms with Crippen LogP contribution in [0.15, 0.2) is 23.7 Å². The Labute approximate surface area is 168 Å². The average molecular weight is 411 g/mol. The summed E-state index contributed by atoms with van der Waals surface area (Å²) < 4.78 is 10.3. The van der Waals surface area contributed by atoms with Gasteiger partial charge in [0.25, 0.3) is 5.19 Å². The fourth-order valence-corrected chi connectivity index (χ4v) is 3.64. The predicted molar refractivity (Wildman–Crippen MR) is 111 cm³/mol. The van der Waals surface area contributed by atoms with Crippen molar-refractivity contribution in [1.29, 1.82) is 0 Å². The fourth-order valence-electron chi connectivity index (χ4n) is 2.46. The summed E-state index contributed by atoms with van der Waals surface area (Å²) in [5.41, 5.74) is 3.73. The van der Waals surface area contributed by atoms with E-state index >= 15 is 0 Å². The van der Waals surface area contributed by atoms with E-state index in [-0.39, 0.29) is 12.4 Å². The van der Waals surface area contributed by atoms with E-state index in [1.165, 1.54) is 34.0 Å². The molecule has 0 saturated carbocycles. The number of likely N-dealkylation sites (N-methyl/N-ethyl adjacent to an activating group) is 1. The molecule has 0 radical (unpaired) electrons. The summed E-state index contributed by atoms with van der Waals surface area (Å²) in [4.78, 5) is 11.0. The van der Waals surface area contributed by atoms with Crippen LogP contribution in [0.3, 0.4) is 0 Å². The first kappa shape index (κ1) is 20.8. The molecule has 0 saturated heterocycles. The molecule has 2 heterocycles. The molecule has 8 heteroatoms. The zero-order valence-electron chi connectivity index (χ0n) is 15.4. The molecule has 0 unspecified atom stereocenters. The molecule has 0 aliphatic heterocycles. The van der Waals surface area contributed by atoms with Crippen molar-refractivity contribution >= 4 is 35.3 Å². The predicted octanol–water partition coefficient (Wildman–Crippen LogP) is 4.99. The van der Waals surface area contributed by atoms with Gasteiger partial charge in [0.1, 0.15) is 5.75 Å². The van der Waals surface area contributed by atoms with E-state index in [9.17, 15) is 0 Å². The molecule has 0 spiro atoms. The lowest BCUT2D eigenvalue weighted by atomic mass is 10.0. The molecule has 140 valence electrons. The minimum absolute atomic E-state index is 0. The topological polar surface area (TPSA) is 51.1 Å². The van der Waals surface area contributed by atoms with Crippen molar-refractivity contribution in [3.8, 4) is 21.8 Å². The van der Waals surface area contributed by atoms with Crippen LogP contribution in [0.1, 0.15) is 23.6 Å². The SMILES string of the molecule is CCN(C)CCc1cc(C)c(Oc2nc(-c3nccs3)ns2)cc1C.Cl. The van der Waals surface area contributed by atoms with E-state index in [4.69, 9.17) is 4.74 Å². The Balaban J connectivity index is 0.00000243. The Bertz CT molecular complexity index is 836. The van der Waals surface area contributed by atoms with Crippen LogP contribution in [0.5, 0.6) is 10.9 Å². The molecule has 0 N–H and O–H groups in total. The molecule has 0 aliphatic rings. The van der Waals surface area contributed by atoms with Crippen LogP contribution in [0.2, 0.25) is 0 Å². The van der Waals surface area contributed by atoms with Crippen LogP contribution in [-0.4, -0.2) is 39.4 Å². The average Bonchev–Trinajstić information content (AvgIpc) is 3.27. The number of ether oxygens (including phenoxy) is 1. The van der Waals surface area contributed by atoms with Crippen LogP contribution in [0.4, 0.5) is 0 Å². The quantitative estimate of drug-likeness (QED) is 0.549. The van der Waals surface area contributed by atoms with Gasteiger partial charge in [0.05, 0.1) is 0 Å². The van der Waals surface area contributed by atoms with Gasteiger partial charge in [0.15, 0.2) is 5.01 Å². The lowest BCUT2D eigenvalue weighted by molar-refractivity contribution is 0.357. The first-order valence-electron chi connectivity index (χ1n) is 8.27. The standard InChI is InChI=1S/C18H22N4OS2.ClH/c1-5-22(4)8-6-14-10-13(3)15(11-12(14)2)23-18-20-16(21-25-18)17-19-7-9-24-17;/h7,9-11H,5-6,8H2,1-4H3;1H. The lowest BCUT2D eigenvalue weighted by Gasteiger charge is -2.16. The molecule has 3 aromatic rings. The van der Waals surface area contributed by atoms with Gasteiger partial charge < -0.3 is 9.64 Å². The van der Waals surface area contributed by atoms with Crippen LogP contribution >= 0.6 is 35.3 Å². The highest BCUT2D eigenvalue weighted by Gasteiger charge is 2.13. The summed E-state index contributed by atoms with van der Waals surface area (Å²) in [5, 5.41) is 3.28. The number of hydrogen-bond acceptors (Lipinski definition) is 7. The third-order valence-electron chi connectivity index (χ3n) is 4.16. The van der Waals surface area contributed by atoms with Gasteiger partial charge in [-0.25, -0.2) is 4.98 Å². The maximum absolute atomic E-state index is 5.98. The summed E-state index contributed by atoms with van der Waals surface area (Å²) in [5.74, 6) is 1.47. The molecule has 0 bridgehead atoms. The minimum atomic E-state index is 0. The van der Waals surface area contributed by atoms with Crippen LogP contribution in [0.25, 0.3) is 10.8 Å². The monoisotopic (exact) mass is 410 g/mol. The van der Waals surface area contributed by atoms with E-state index in [0.29, 0.717) is 11.0 Å². The first-order chi connectivity index (χ1) is 12.1. The lowest BCUT2D eigenvalue weighted by Crippen LogP contribution is -2.20. The van der Waals surface area contributed by atoms with Crippen molar-refractivity contribution in [2.75, 3.05) is 20.1 Å². The van der Waals surface area contributed by atoms with Crippen molar-refractivity contribution in [2.24, 2.45) is 0 Å². The zero-order chi connectivity index (χ0) is 17.8. The Morgan fingerprint density at radius 2 is 2.00 bits per heavy atom. The second kappa shape index (κ2) is 9.41. The zero-order valence-corrected chi connectivity index (χ0v) is 17.8. The smallest absolute Gasteiger partial charge is 0.299 e. The van der Waals surface area contributed by atoms with Crippen LogP contribution in [0, 0.1) is 13.8 Å². The number of thiazole rings is 1. The highest BCUT2D eigenvalue weighted by Crippen LogP contribution is 2.31. The van der Waals surface area contributed by atoms with Crippen molar-refractivity contribution in [3.05, 3.63) is 40.4 Å². The Kier molecular flexibility index (Phi) is 7.52. The number of aromatic nitrogens is 3. The molecular formula is C18H23ClN4OS2. The largest absolute Gasteiger partial charge is 0.430 e. The summed E-state index contributed by atoms with van der Waals surface area (Å²) in [7, 11) is 2.15. The molecule has 0 atom stereocenters. The maximum atomic E-state index is 5.98. The van der Waals surface area contributed by atoms with Crippen molar-refractivity contribution in [2.45, 2.75) is 27.2 Å². The third-order valence-corrected chi connectivity index (χ3v) is 5.53. The molecule has 1 aromatic carbocycles. The van der Waals surface area contributed by atoms with Gasteiger partial charge in [0.2, 0.25) is 5.82 Å². The summed E-state index contributed by atoms with van der Waals surface area (Å²) in [6.45, 7) is 8.51. The second-order valence-electron chi connectivity index (χ2n) is 6.01. The van der Waals surface area contributed by atoms with E-state index < -0.39 is 0 Å².